The van der Waals surface area contributed by atoms with E-state index in [9.17, 15) is 20.1 Å². The molecule has 2 amide bonds. The maximum atomic E-state index is 13.2. The van der Waals surface area contributed by atoms with Gasteiger partial charge in [0.05, 0.1) is 6.54 Å². The van der Waals surface area contributed by atoms with Crippen LogP contribution in [0.15, 0.2) is 35.7 Å². The van der Waals surface area contributed by atoms with Gasteiger partial charge in [0.25, 0.3) is 0 Å². The molecule has 2 N–H and O–H groups in total. The van der Waals surface area contributed by atoms with Crippen LogP contribution in [0.3, 0.4) is 0 Å². The fourth-order valence-corrected chi connectivity index (χ4v) is 3.89. The number of likely N-dealkylation sites (tertiary alicyclic amines) is 2. The SMILES string of the molecule is Cc1ccc(NC(N[C@H]2CCCCN(CC(=O)N3CCCC3)C2=O)=C(C#N)C#N)cc1. The Hall–Kier alpha value is -3.52. The number of nitriles is 2. The smallest absolute Gasteiger partial charge is 0.245 e. The number of benzene rings is 1. The van der Waals surface area contributed by atoms with Gasteiger partial charge < -0.3 is 20.4 Å². The van der Waals surface area contributed by atoms with E-state index in [-0.39, 0.29) is 29.8 Å². The third-order valence-electron chi connectivity index (χ3n) is 5.68. The lowest BCUT2D eigenvalue weighted by Crippen LogP contribution is -2.49. The van der Waals surface area contributed by atoms with Gasteiger partial charge in [-0.3, -0.25) is 9.59 Å². The van der Waals surface area contributed by atoms with Gasteiger partial charge in [0, 0.05) is 25.3 Å². The molecule has 1 atom stereocenters. The molecule has 0 spiro atoms. The van der Waals surface area contributed by atoms with Crippen LogP contribution in [0.5, 0.6) is 0 Å². The molecule has 3 rings (SSSR count). The van der Waals surface area contributed by atoms with Gasteiger partial charge in [-0.05, 0) is 51.2 Å². The normalized spacial score (nSPS) is 18.5. The lowest BCUT2D eigenvalue weighted by atomic mass is 10.1. The summed E-state index contributed by atoms with van der Waals surface area (Å²) < 4.78 is 0. The first-order valence-electron chi connectivity index (χ1n) is 10.7. The van der Waals surface area contributed by atoms with Crippen molar-refractivity contribution in [1.82, 2.24) is 15.1 Å². The quantitative estimate of drug-likeness (QED) is 0.683. The number of carbonyl (C=O) groups excluding carboxylic acids is 2. The molecule has 2 saturated heterocycles. The van der Waals surface area contributed by atoms with Crippen LogP contribution in [0.2, 0.25) is 0 Å². The number of allylic oxidation sites excluding steroid dienone is 1. The molecule has 0 aromatic heterocycles. The van der Waals surface area contributed by atoms with Crippen molar-refractivity contribution in [2.45, 2.75) is 45.1 Å². The average Bonchev–Trinajstić information content (AvgIpc) is 3.26. The van der Waals surface area contributed by atoms with Crippen LogP contribution in [0, 0.1) is 29.6 Å². The van der Waals surface area contributed by atoms with Crippen molar-refractivity contribution in [2.24, 2.45) is 0 Å². The highest BCUT2D eigenvalue weighted by Crippen LogP contribution is 2.18. The summed E-state index contributed by atoms with van der Waals surface area (Å²) in [6.07, 6.45) is 4.20. The average molecular weight is 421 g/mol. The lowest BCUT2D eigenvalue weighted by molar-refractivity contribution is -0.140. The van der Waals surface area contributed by atoms with Gasteiger partial charge in [0.1, 0.15) is 24.0 Å². The Balaban J connectivity index is 1.75. The van der Waals surface area contributed by atoms with Gasteiger partial charge in [-0.15, -0.1) is 0 Å². The van der Waals surface area contributed by atoms with Crippen LogP contribution < -0.4 is 10.6 Å². The molecule has 8 heteroatoms. The number of nitrogens with zero attached hydrogens (tertiary/aromatic N) is 4. The fraction of sp³-hybridized carbons (Fsp3) is 0.478. The highest BCUT2D eigenvalue weighted by atomic mass is 16.2. The number of hydrogen-bond acceptors (Lipinski definition) is 6. The highest BCUT2D eigenvalue weighted by molar-refractivity contribution is 5.88. The van der Waals surface area contributed by atoms with Crippen LogP contribution in [0.4, 0.5) is 5.69 Å². The van der Waals surface area contributed by atoms with Crippen molar-refractivity contribution in [2.75, 3.05) is 31.5 Å². The first-order valence-corrected chi connectivity index (χ1v) is 10.7. The first-order chi connectivity index (χ1) is 15.0. The Bertz CT molecular complexity index is 903. The number of nitrogens with one attached hydrogen (secondary N) is 2. The third-order valence-corrected chi connectivity index (χ3v) is 5.68. The second kappa shape index (κ2) is 10.5. The van der Waals surface area contributed by atoms with E-state index < -0.39 is 6.04 Å². The van der Waals surface area contributed by atoms with Gasteiger partial charge >= 0.3 is 0 Å². The van der Waals surface area contributed by atoms with E-state index in [0.29, 0.717) is 18.7 Å². The summed E-state index contributed by atoms with van der Waals surface area (Å²) in [4.78, 5) is 29.2. The molecule has 0 bridgehead atoms. The third kappa shape index (κ3) is 5.76. The van der Waals surface area contributed by atoms with E-state index in [1.54, 1.807) is 4.90 Å². The van der Waals surface area contributed by atoms with Crippen LogP contribution in [0.25, 0.3) is 0 Å². The molecule has 2 aliphatic heterocycles. The molecule has 1 aromatic rings. The number of rotatable bonds is 6. The van der Waals surface area contributed by atoms with Crippen molar-refractivity contribution in [3.05, 3.63) is 41.2 Å². The monoisotopic (exact) mass is 420 g/mol. The van der Waals surface area contributed by atoms with Gasteiger partial charge in [0.15, 0.2) is 5.57 Å². The van der Waals surface area contributed by atoms with Gasteiger partial charge in [-0.25, -0.2) is 0 Å². The Morgan fingerprint density at radius 3 is 2.35 bits per heavy atom. The largest absolute Gasteiger partial charge is 0.358 e. The summed E-state index contributed by atoms with van der Waals surface area (Å²) in [5.74, 6) is 0.0122. The molecular weight excluding hydrogens is 392 g/mol. The Labute approximate surface area is 183 Å². The highest BCUT2D eigenvalue weighted by Gasteiger charge is 2.31. The van der Waals surface area contributed by atoms with E-state index >= 15 is 0 Å². The van der Waals surface area contributed by atoms with Crippen molar-refractivity contribution in [3.63, 3.8) is 0 Å². The number of amides is 2. The molecule has 0 saturated carbocycles. The Morgan fingerprint density at radius 2 is 1.71 bits per heavy atom. The topological polar surface area (TPSA) is 112 Å². The zero-order valence-electron chi connectivity index (χ0n) is 17.9. The minimum atomic E-state index is -0.612. The van der Waals surface area contributed by atoms with E-state index in [1.165, 1.54) is 0 Å². The van der Waals surface area contributed by atoms with Crippen molar-refractivity contribution in [3.8, 4) is 12.1 Å². The van der Waals surface area contributed by atoms with E-state index in [0.717, 1.165) is 44.3 Å². The predicted molar refractivity (Wildman–Crippen MR) is 116 cm³/mol. The summed E-state index contributed by atoms with van der Waals surface area (Å²) >= 11 is 0. The predicted octanol–water partition coefficient (Wildman–Crippen LogP) is 2.26. The molecule has 2 aliphatic rings. The molecule has 2 heterocycles. The minimum Gasteiger partial charge on any atom is -0.358 e. The number of anilines is 1. The number of carbonyl (C=O) groups is 2. The Kier molecular flexibility index (Phi) is 7.50. The van der Waals surface area contributed by atoms with E-state index in [2.05, 4.69) is 10.6 Å². The van der Waals surface area contributed by atoms with Crippen molar-refractivity contribution < 1.29 is 9.59 Å². The summed E-state index contributed by atoms with van der Waals surface area (Å²) in [5, 5.41) is 25.0. The molecule has 31 heavy (non-hydrogen) atoms. The Morgan fingerprint density at radius 1 is 1.06 bits per heavy atom. The number of hydrogen-bond donors (Lipinski definition) is 2. The molecular formula is C23H28N6O2. The number of aryl methyl sites for hydroxylation is 1. The van der Waals surface area contributed by atoms with Gasteiger partial charge in [-0.1, -0.05) is 17.7 Å². The fourth-order valence-electron chi connectivity index (χ4n) is 3.89. The molecule has 0 radical (unpaired) electrons. The zero-order valence-corrected chi connectivity index (χ0v) is 17.9. The van der Waals surface area contributed by atoms with Gasteiger partial charge in [-0.2, -0.15) is 10.5 Å². The molecule has 162 valence electrons. The van der Waals surface area contributed by atoms with Crippen molar-refractivity contribution >= 4 is 17.5 Å². The summed E-state index contributed by atoms with van der Waals surface area (Å²) in [7, 11) is 0. The van der Waals surface area contributed by atoms with E-state index in [1.807, 2.05) is 48.2 Å². The van der Waals surface area contributed by atoms with Gasteiger partial charge in [0.2, 0.25) is 11.8 Å². The maximum absolute atomic E-state index is 13.2. The van der Waals surface area contributed by atoms with Crippen LogP contribution in [0.1, 0.15) is 37.7 Å². The maximum Gasteiger partial charge on any atom is 0.245 e. The van der Waals surface area contributed by atoms with Crippen LogP contribution in [-0.2, 0) is 9.59 Å². The zero-order chi connectivity index (χ0) is 22.2. The second-order valence-corrected chi connectivity index (χ2v) is 8.01. The van der Waals surface area contributed by atoms with Crippen LogP contribution in [-0.4, -0.2) is 53.8 Å². The standard InChI is InChI=1S/C23H28N6O2/c1-17-7-9-19(10-8-17)26-22(18(14-24)15-25)27-20-6-2-3-13-29(23(20)31)16-21(30)28-11-4-5-12-28/h7-10,20,26-27H,2-6,11-13,16H2,1H3/t20-/m0/s1. The molecule has 0 aliphatic carbocycles. The summed E-state index contributed by atoms with van der Waals surface area (Å²) in [6.45, 7) is 4.08. The first kappa shape index (κ1) is 22.2. The van der Waals surface area contributed by atoms with E-state index in [4.69, 9.17) is 0 Å². The second-order valence-electron chi connectivity index (χ2n) is 8.01. The summed E-state index contributed by atoms with van der Waals surface area (Å²) in [5.41, 5.74) is 1.66. The summed E-state index contributed by atoms with van der Waals surface area (Å²) in [6, 6.07) is 10.7. The van der Waals surface area contributed by atoms with Crippen molar-refractivity contribution in [1.29, 1.82) is 10.5 Å². The van der Waals surface area contributed by atoms with Crippen LogP contribution >= 0.6 is 0 Å². The minimum absolute atomic E-state index is 0.0187. The molecule has 2 fully saturated rings. The lowest BCUT2D eigenvalue weighted by Gasteiger charge is -2.27. The molecule has 1 aromatic carbocycles. The molecule has 8 nitrogen and oxygen atoms in total. The molecule has 0 unspecified atom stereocenters.